The lowest BCUT2D eigenvalue weighted by Gasteiger charge is -2.11. The Kier molecular flexibility index (Phi) is 5.39. The molecule has 0 aliphatic heterocycles. The van der Waals surface area contributed by atoms with E-state index >= 15 is 0 Å². The molecule has 0 aliphatic rings. The molecule has 0 saturated heterocycles. The predicted molar refractivity (Wildman–Crippen MR) is 103 cm³/mol. The SMILES string of the molecule is CC(C)NC(=O)COc1ccc2c(-c3ccc([N+](=O)[O-])cc3)cc(=O)oc2c1. The summed E-state index contributed by atoms with van der Waals surface area (Å²) in [4.78, 5) is 34.0. The van der Waals surface area contributed by atoms with Crippen LogP contribution in [0.25, 0.3) is 22.1 Å². The molecule has 0 atom stereocenters. The average Bonchev–Trinajstić information content (AvgIpc) is 2.65. The number of nitrogens with one attached hydrogen (secondary N) is 1. The number of nitro benzene ring substituents is 1. The van der Waals surface area contributed by atoms with E-state index < -0.39 is 10.5 Å². The zero-order valence-electron chi connectivity index (χ0n) is 15.3. The third-order valence-electron chi connectivity index (χ3n) is 3.92. The van der Waals surface area contributed by atoms with Crippen LogP contribution in [0.15, 0.2) is 57.7 Å². The number of carbonyl (C=O) groups excluding carboxylic acids is 1. The van der Waals surface area contributed by atoms with Gasteiger partial charge in [-0.15, -0.1) is 0 Å². The minimum Gasteiger partial charge on any atom is -0.484 e. The largest absolute Gasteiger partial charge is 0.484 e. The van der Waals surface area contributed by atoms with E-state index in [4.69, 9.17) is 9.15 Å². The van der Waals surface area contributed by atoms with Crippen LogP contribution in [0.5, 0.6) is 5.75 Å². The molecule has 28 heavy (non-hydrogen) atoms. The van der Waals surface area contributed by atoms with Crippen molar-refractivity contribution < 1.29 is 18.9 Å². The molecule has 2 aromatic carbocycles. The molecule has 144 valence electrons. The lowest BCUT2D eigenvalue weighted by molar-refractivity contribution is -0.384. The number of fused-ring (bicyclic) bond motifs is 1. The molecule has 0 bridgehead atoms. The quantitative estimate of drug-likeness (QED) is 0.398. The number of non-ortho nitro benzene ring substituents is 1. The Labute approximate surface area is 159 Å². The molecule has 1 amide bonds. The van der Waals surface area contributed by atoms with Crippen LogP contribution in [-0.4, -0.2) is 23.5 Å². The molecule has 3 rings (SSSR count). The first kappa shape index (κ1) is 19.1. The van der Waals surface area contributed by atoms with Gasteiger partial charge in [0.2, 0.25) is 0 Å². The highest BCUT2D eigenvalue weighted by molar-refractivity contribution is 5.94. The minimum atomic E-state index is -0.560. The Morgan fingerprint density at radius 3 is 2.54 bits per heavy atom. The van der Waals surface area contributed by atoms with Crippen LogP contribution in [0.1, 0.15) is 13.8 Å². The molecular formula is C20H18N2O6. The zero-order chi connectivity index (χ0) is 20.3. The predicted octanol–water partition coefficient (Wildman–Crippen LogP) is 3.27. The number of carbonyl (C=O) groups is 1. The fraction of sp³-hybridized carbons (Fsp3) is 0.200. The van der Waals surface area contributed by atoms with Gasteiger partial charge >= 0.3 is 5.63 Å². The fourth-order valence-electron chi connectivity index (χ4n) is 2.75. The van der Waals surface area contributed by atoms with Crippen molar-refractivity contribution in [3.63, 3.8) is 0 Å². The van der Waals surface area contributed by atoms with Crippen LogP contribution < -0.4 is 15.7 Å². The van der Waals surface area contributed by atoms with Crippen molar-refractivity contribution in [2.24, 2.45) is 0 Å². The van der Waals surface area contributed by atoms with Gasteiger partial charge in [-0.2, -0.15) is 0 Å². The van der Waals surface area contributed by atoms with E-state index in [0.717, 1.165) is 0 Å². The highest BCUT2D eigenvalue weighted by Crippen LogP contribution is 2.30. The minimum absolute atomic E-state index is 0.00924. The fourth-order valence-corrected chi connectivity index (χ4v) is 2.75. The number of ether oxygens (including phenoxy) is 1. The van der Waals surface area contributed by atoms with Gasteiger partial charge in [0.25, 0.3) is 11.6 Å². The maximum Gasteiger partial charge on any atom is 0.336 e. The Morgan fingerprint density at radius 1 is 1.18 bits per heavy atom. The summed E-state index contributed by atoms with van der Waals surface area (Å²) in [6.07, 6.45) is 0. The molecule has 0 spiro atoms. The van der Waals surface area contributed by atoms with Crippen LogP contribution in [0.3, 0.4) is 0 Å². The highest BCUT2D eigenvalue weighted by atomic mass is 16.6. The molecule has 3 aromatic rings. The van der Waals surface area contributed by atoms with Gasteiger partial charge in [0.05, 0.1) is 4.92 Å². The molecule has 1 aromatic heterocycles. The lowest BCUT2D eigenvalue weighted by Crippen LogP contribution is -2.34. The zero-order valence-corrected chi connectivity index (χ0v) is 15.3. The second-order valence-electron chi connectivity index (χ2n) is 6.45. The second kappa shape index (κ2) is 7.91. The van der Waals surface area contributed by atoms with Crippen molar-refractivity contribution in [2.45, 2.75) is 19.9 Å². The molecule has 0 aliphatic carbocycles. The van der Waals surface area contributed by atoms with Crippen molar-refractivity contribution >= 4 is 22.6 Å². The van der Waals surface area contributed by atoms with Crippen LogP contribution in [0, 0.1) is 10.1 Å². The van der Waals surface area contributed by atoms with Gasteiger partial charge in [-0.1, -0.05) is 0 Å². The lowest BCUT2D eigenvalue weighted by atomic mass is 10.0. The van der Waals surface area contributed by atoms with Crippen LogP contribution in [0.2, 0.25) is 0 Å². The number of rotatable bonds is 6. The van der Waals surface area contributed by atoms with Gasteiger partial charge in [-0.05, 0) is 49.2 Å². The summed E-state index contributed by atoms with van der Waals surface area (Å²) in [6.45, 7) is 3.54. The Hall–Kier alpha value is -3.68. The van der Waals surface area contributed by atoms with Crippen molar-refractivity contribution in [2.75, 3.05) is 6.61 Å². The first-order chi connectivity index (χ1) is 13.3. The second-order valence-corrected chi connectivity index (χ2v) is 6.45. The maximum atomic E-state index is 12.0. The third-order valence-corrected chi connectivity index (χ3v) is 3.92. The van der Waals surface area contributed by atoms with Gasteiger partial charge in [-0.3, -0.25) is 14.9 Å². The highest BCUT2D eigenvalue weighted by Gasteiger charge is 2.12. The van der Waals surface area contributed by atoms with E-state index in [0.29, 0.717) is 27.8 Å². The van der Waals surface area contributed by atoms with E-state index in [2.05, 4.69) is 5.32 Å². The van der Waals surface area contributed by atoms with Crippen molar-refractivity contribution in [1.82, 2.24) is 5.32 Å². The van der Waals surface area contributed by atoms with Crippen molar-refractivity contribution in [1.29, 1.82) is 0 Å². The van der Waals surface area contributed by atoms with Crippen molar-refractivity contribution in [3.05, 3.63) is 69.1 Å². The van der Waals surface area contributed by atoms with Gasteiger partial charge in [-0.25, -0.2) is 4.79 Å². The molecule has 1 heterocycles. The number of hydrogen-bond acceptors (Lipinski definition) is 6. The summed E-state index contributed by atoms with van der Waals surface area (Å²) in [6, 6.07) is 12.2. The molecule has 0 saturated carbocycles. The van der Waals surface area contributed by atoms with Crippen molar-refractivity contribution in [3.8, 4) is 16.9 Å². The smallest absolute Gasteiger partial charge is 0.336 e. The van der Waals surface area contributed by atoms with Crippen LogP contribution in [-0.2, 0) is 4.79 Å². The first-order valence-electron chi connectivity index (χ1n) is 8.58. The van der Waals surface area contributed by atoms with Crippen LogP contribution in [0.4, 0.5) is 5.69 Å². The molecule has 8 heteroatoms. The van der Waals surface area contributed by atoms with Gasteiger partial charge in [0.15, 0.2) is 6.61 Å². The molecule has 8 nitrogen and oxygen atoms in total. The molecule has 0 fully saturated rings. The van der Waals surface area contributed by atoms with E-state index in [1.165, 1.54) is 24.3 Å². The summed E-state index contributed by atoms with van der Waals surface area (Å²) in [7, 11) is 0. The van der Waals surface area contributed by atoms with E-state index in [-0.39, 0.29) is 24.2 Å². The van der Waals surface area contributed by atoms with Crippen LogP contribution >= 0.6 is 0 Å². The summed E-state index contributed by atoms with van der Waals surface area (Å²) < 4.78 is 10.7. The Bertz CT molecular complexity index is 1090. The summed E-state index contributed by atoms with van der Waals surface area (Å²) in [5.74, 6) is 0.131. The van der Waals surface area contributed by atoms with Gasteiger partial charge < -0.3 is 14.5 Å². The Morgan fingerprint density at radius 2 is 1.89 bits per heavy atom. The van der Waals surface area contributed by atoms with E-state index in [1.54, 1.807) is 24.3 Å². The standard InChI is InChI=1S/C20H18N2O6/c1-12(2)21-19(23)11-27-15-7-8-16-17(10-20(24)28-18(16)9-15)13-3-5-14(6-4-13)22(25)26/h3-10,12H,11H2,1-2H3,(H,21,23). The summed E-state index contributed by atoms with van der Waals surface area (Å²) in [5.41, 5.74) is 0.934. The third kappa shape index (κ3) is 4.35. The summed E-state index contributed by atoms with van der Waals surface area (Å²) >= 11 is 0. The Balaban J connectivity index is 1.92. The van der Waals surface area contributed by atoms with Gasteiger partial charge in [0, 0.05) is 35.7 Å². The van der Waals surface area contributed by atoms with E-state index in [9.17, 15) is 19.7 Å². The topological polar surface area (TPSA) is 112 Å². The van der Waals surface area contributed by atoms with E-state index in [1.807, 2.05) is 13.8 Å². The average molecular weight is 382 g/mol. The number of nitrogens with zero attached hydrogens (tertiary/aromatic N) is 1. The maximum absolute atomic E-state index is 12.0. The monoisotopic (exact) mass is 382 g/mol. The van der Waals surface area contributed by atoms with Gasteiger partial charge in [0.1, 0.15) is 11.3 Å². The number of amides is 1. The molecule has 0 unspecified atom stereocenters. The molecule has 0 radical (unpaired) electrons. The normalized spacial score (nSPS) is 10.8. The number of benzene rings is 2. The number of hydrogen-bond donors (Lipinski definition) is 1. The summed E-state index contributed by atoms with van der Waals surface area (Å²) in [5, 5.41) is 14.2. The molecular weight excluding hydrogens is 364 g/mol. The number of nitro groups is 1. The first-order valence-corrected chi connectivity index (χ1v) is 8.58. The molecule has 1 N–H and O–H groups in total.